The van der Waals surface area contributed by atoms with Crippen LogP contribution in [0.25, 0.3) is 0 Å². The van der Waals surface area contributed by atoms with E-state index < -0.39 is 23.6 Å². The molecule has 4 rings (SSSR count). The molecular formula is C25H26FNO4. The van der Waals surface area contributed by atoms with Crippen molar-refractivity contribution in [3.8, 4) is 0 Å². The second-order valence-corrected chi connectivity index (χ2v) is 8.95. The molecule has 0 aromatic heterocycles. The van der Waals surface area contributed by atoms with Gasteiger partial charge in [0.2, 0.25) is 0 Å². The molecule has 0 bridgehead atoms. The maximum atomic E-state index is 13.2. The largest absolute Gasteiger partial charge is 0.458 e. The zero-order valence-electron chi connectivity index (χ0n) is 17.9. The zero-order valence-corrected chi connectivity index (χ0v) is 17.9. The summed E-state index contributed by atoms with van der Waals surface area (Å²) in [6.45, 7) is 6.46. The summed E-state index contributed by atoms with van der Waals surface area (Å²) in [5.41, 5.74) is 0.910. The van der Waals surface area contributed by atoms with Crippen molar-refractivity contribution in [2.75, 3.05) is 4.90 Å². The summed E-state index contributed by atoms with van der Waals surface area (Å²) >= 11 is 0. The van der Waals surface area contributed by atoms with E-state index in [0.717, 1.165) is 24.2 Å². The summed E-state index contributed by atoms with van der Waals surface area (Å²) in [5.74, 6) is -0.743. The van der Waals surface area contributed by atoms with Crippen molar-refractivity contribution in [3.05, 3.63) is 65.0 Å². The van der Waals surface area contributed by atoms with Crippen molar-refractivity contribution < 1.29 is 23.5 Å². The quantitative estimate of drug-likeness (QED) is 0.498. The van der Waals surface area contributed by atoms with Crippen LogP contribution < -0.4 is 4.90 Å². The maximum absolute atomic E-state index is 13.2. The summed E-state index contributed by atoms with van der Waals surface area (Å²) in [4.78, 5) is 39.5. The van der Waals surface area contributed by atoms with Crippen LogP contribution in [0.3, 0.4) is 0 Å². The fourth-order valence-electron chi connectivity index (χ4n) is 4.65. The number of hydrogen-bond acceptors (Lipinski definition) is 4. The molecule has 1 heterocycles. The summed E-state index contributed by atoms with van der Waals surface area (Å²) in [6.07, 6.45) is 2.83. The Morgan fingerprint density at radius 2 is 1.71 bits per heavy atom. The van der Waals surface area contributed by atoms with Gasteiger partial charge in [-0.05, 0) is 73.1 Å². The first kappa shape index (κ1) is 21.2. The molecule has 1 aliphatic carbocycles. The Bertz CT molecular complexity index is 1030. The lowest BCUT2D eigenvalue weighted by atomic mass is 9.75. The Morgan fingerprint density at radius 3 is 2.39 bits per heavy atom. The number of carbonyl (C=O) groups excluding carboxylic acids is 3. The molecule has 2 amide bonds. The van der Waals surface area contributed by atoms with Gasteiger partial charge in [-0.25, -0.2) is 14.1 Å². The van der Waals surface area contributed by atoms with E-state index in [9.17, 15) is 18.8 Å². The van der Waals surface area contributed by atoms with Crippen molar-refractivity contribution in [1.82, 2.24) is 0 Å². The first-order chi connectivity index (χ1) is 14.8. The van der Waals surface area contributed by atoms with E-state index in [1.807, 2.05) is 0 Å². The van der Waals surface area contributed by atoms with Gasteiger partial charge in [0.05, 0.1) is 22.4 Å². The van der Waals surface area contributed by atoms with Crippen LogP contribution in [0.5, 0.6) is 0 Å². The van der Waals surface area contributed by atoms with Crippen LogP contribution in [-0.4, -0.2) is 23.9 Å². The van der Waals surface area contributed by atoms with E-state index in [1.54, 1.807) is 0 Å². The second-order valence-electron chi connectivity index (χ2n) is 8.95. The molecule has 1 saturated carbocycles. The average Bonchev–Trinajstić information content (AvgIpc) is 2.98. The third-order valence-corrected chi connectivity index (χ3v) is 6.43. The Kier molecular flexibility index (Phi) is 5.65. The normalized spacial score (nSPS) is 23.3. The smallest absolute Gasteiger partial charge is 0.338 e. The van der Waals surface area contributed by atoms with E-state index in [1.165, 1.54) is 42.5 Å². The SMILES string of the molecule is CC1CCC(C(C)C)C(OC(=O)c2ccc3c(c2)C(=O)N(c2ccc(F)cc2)C3=O)C1. The topological polar surface area (TPSA) is 63.7 Å². The molecule has 2 aromatic carbocycles. The third kappa shape index (κ3) is 3.99. The monoisotopic (exact) mass is 423 g/mol. The highest BCUT2D eigenvalue weighted by Crippen LogP contribution is 2.36. The molecule has 0 radical (unpaired) electrons. The maximum Gasteiger partial charge on any atom is 0.338 e. The lowest BCUT2D eigenvalue weighted by Gasteiger charge is -2.36. The molecule has 0 spiro atoms. The first-order valence-electron chi connectivity index (χ1n) is 10.8. The first-order valence-corrected chi connectivity index (χ1v) is 10.8. The highest BCUT2D eigenvalue weighted by molar-refractivity contribution is 6.34. The molecule has 5 nitrogen and oxygen atoms in total. The molecule has 2 aliphatic rings. The molecule has 1 aliphatic heterocycles. The van der Waals surface area contributed by atoms with E-state index in [4.69, 9.17) is 4.74 Å². The van der Waals surface area contributed by atoms with Gasteiger partial charge in [0, 0.05) is 0 Å². The minimum atomic E-state index is -0.535. The Labute approximate surface area is 181 Å². The van der Waals surface area contributed by atoms with Crippen molar-refractivity contribution in [1.29, 1.82) is 0 Å². The van der Waals surface area contributed by atoms with Crippen LogP contribution in [0.4, 0.5) is 10.1 Å². The van der Waals surface area contributed by atoms with Gasteiger partial charge < -0.3 is 4.74 Å². The van der Waals surface area contributed by atoms with Crippen molar-refractivity contribution >= 4 is 23.5 Å². The summed E-state index contributed by atoms with van der Waals surface area (Å²) in [7, 11) is 0. The number of benzene rings is 2. The standard InChI is InChI=1S/C25H26FNO4/c1-14(2)19-10-4-15(3)12-22(19)31-25(30)16-5-11-20-21(13-16)24(29)27(23(20)28)18-8-6-17(26)7-9-18/h5-9,11,13-15,19,22H,4,10,12H2,1-3H3. The van der Waals surface area contributed by atoms with E-state index in [-0.39, 0.29) is 28.5 Å². The van der Waals surface area contributed by atoms with Gasteiger partial charge in [-0.15, -0.1) is 0 Å². The number of amides is 2. The molecule has 6 heteroatoms. The van der Waals surface area contributed by atoms with Gasteiger partial charge in [-0.3, -0.25) is 9.59 Å². The Morgan fingerprint density at radius 1 is 1.03 bits per heavy atom. The number of esters is 1. The highest BCUT2D eigenvalue weighted by Gasteiger charge is 2.38. The second kappa shape index (κ2) is 8.25. The number of ether oxygens (including phenoxy) is 1. The number of nitrogens with zero attached hydrogens (tertiary/aromatic N) is 1. The molecule has 0 N–H and O–H groups in total. The third-order valence-electron chi connectivity index (χ3n) is 6.43. The van der Waals surface area contributed by atoms with E-state index >= 15 is 0 Å². The van der Waals surface area contributed by atoms with Gasteiger partial charge in [0.1, 0.15) is 11.9 Å². The lowest BCUT2D eigenvalue weighted by molar-refractivity contribution is -0.0174. The van der Waals surface area contributed by atoms with Gasteiger partial charge in [0.15, 0.2) is 0 Å². The fraction of sp³-hybridized carbons (Fsp3) is 0.400. The van der Waals surface area contributed by atoms with Crippen molar-refractivity contribution in [3.63, 3.8) is 0 Å². The number of carbonyl (C=O) groups is 3. The van der Waals surface area contributed by atoms with E-state index in [2.05, 4.69) is 20.8 Å². The van der Waals surface area contributed by atoms with Gasteiger partial charge >= 0.3 is 5.97 Å². The van der Waals surface area contributed by atoms with Gasteiger partial charge in [-0.1, -0.05) is 27.2 Å². The van der Waals surface area contributed by atoms with Crippen LogP contribution in [0.1, 0.15) is 71.1 Å². The molecule has 3 unspecified atom stereocenters. The van der Waals surface area contributed by atoms with Crippen molar-refractivity contribution in [2.24, 2.45) is 17.8 Å². The van der Waals surface area contributed by atoms with Crippen LogP contribution in [0.2, 0.25) is 0 Å². The molecule has 0 saturated heterocycles. The molecular weight excluding hydrogens is 397 g/mol. The van der Waals surface area contributed by atoms with Crippen LogP contribution in [0.15, 0.2) is 42.5 Å². The van der Waals surface area contributed by atoms with Crippen LogP contribution in [0, 0.1) is 23.6 Å². The van der Waals surface area contributed by atoms with Gasteiger partial charge in [0.25, 0.3) is 11.8 Å². The molecule has 3 atom stereocenters. The summed E-state index contributed by atoms with van der Waals surface area (Å²) in [5, 5.41) is 0. The number of anilines is 1. The van der Waals surface area contributed by atoms with Gasteiger partial charge in [-0.2, -0.15) is 0 Å². The van der Waals surface area contributed by atoms with E-state index in [0.29, 0.717) is 17.8 Å². The van der Waals surface area contributed by atoms with Crippen molar-refractivity contribution in [2.45, 2.75) is 46.1 Å². The Balaban J connectivity index is 1.57. The number of rotatable bonds is 4. The predicted octanol–water partition coefficient (Wildman–Crippen LogP) is 5.24. The minimum absolute atomic E-state index is 0.154. The average molecular weight is 423 g/mol. The number of hydrogen-bond donors (Lipinski definition) is 0. The number of imide groups is 1. The summed E-state index contributed by atoms with van der Waals surface area (Å²) in [6, 6.07) is 9.58. The molecule has 162 valence electrons. The Hall–Kier alpha value is -3.02. The highest BCUT2D eigenvalue weighted by atomic mass is 19.1. The molecule has 1 fully saturated rings. The molecule has 2 aromatic rings. The minimum Gasteiger partial charge on any atom is -0.458 e. The molecule has 31 heavy (non-hydrogen) atoms. The van der Waals surface area contributed by atoms with Crippen LogP contribution >= 0.6 is 0 Å². The predicted molar refractivity (Wildman–Crippen MR) is 115 cm³/mol. The zero-order chi connectivity index (χ0) is 22.3. The fourth-order valence-corrected chi connectivity index (χ4v) is 4.65. The lowest BCUT2D eigenvalue weighted by Crippen LogP contribution is -2.35. The summed E-state index contributed by atoms with van der Waals surface area (Å²) < 4.78 is 19.1. The van der Waals surface area contributed by atoms with Crippen LogP contribution in [-0.2, 0) is 4.74 Å². The number of fused-ring (bicyclic) bond motifs is 1. The number of halogens is 1.